The maximum atomic E-state index is 11.4. The number of carboxylic acids is 1. The van der Waals surface area contributed by atoms with E-state index in [9.17, 15) is 15.0 Å². The predicted octanol–water partition coefficient (Wildman–Crippen LogP) is 2.49. The molecule has 0 radical (unpaired) electrons. The average molecular weight is 337 g/mol. The Hall–Kier alpha value is -1.66. The van der Waals surface area contributed by atoms with Crippen molar-refractivity contribution in [3.8, 4) is 5.69 Å². The summed E-state index contributed by atoms with van der Waals surface area (Å²) in [5.41, 5.74) is 0.784. The molecule has 0 saturated heterocycles. The number of fused-ring (bicyclic) bond motifs is 1. The molecule has 6 heteroatoms. The van der Waals surface area contributed by atoms with E-state index in [4.69, 9.17) is 0 Å². The quantitative estimate of drug-likeness (QED) is 0.883. The highest BCUT2D eigenvalue weighted by atomic mass is 79.9. The van der Waals surface area contributed by atoms with E-state index in [0.717, 1.165) is 15.9 Å². The Balaban J connectivity index is 2.25. The maximum absolute atomic E-state index is 11.4. The standard InChI is InChI=1S/C14H13BrN2O3/c1-14(20)6-5-10-11(14)12(13(18)19)16-17(10)9-4-2-3-8(15)7-9/h2-4,7,20H,5-6H2,1H3,(H,18,19). The fourth-order valence-electron chi connectivity index (χ4n) is 2.71. The molecule has 1 unspecified atom stereocenters. The van der Waals surface area contributed by atoms with Crippen LogP contribution in [0, 0.1) is 0 Å². The molecule has 2 N–H and O–H groups in total. The lowest BCUT2D eigenvalue weighted by atomic mass is 9.98. The maximum Gasteiger partial charge on any atom is 0.356 e. The zero-order chi connectivity index (χ0) is 14.5. The summed E-state index contributed by atoms with van der Waals surface area (Å²) >= 11 is 3.39. The van der Waals surface area contributed by atoms with Gasteiger partial charge in [0, 0.05) is 10.0 Å². The van der Waals surface area contributed by atoms with Crippen LogP contribution in [0.3, 0.4) is 0 Å². The summed E-state index contributed by atoms with van der Waals surface area (Å²) in [6.07, 6.45) is 1.11. The molecule has 0 aliphatic heterocycles. The monoisotopic (exact) mass is 336 g/mol. The third-order valence-corrected chi connectivity index (χ3v) is 4.12. The summed E-state index contributed by atoms with van der Waals surface area (Å²) < 4.78 is 2.51. The van der Waals surface area contributed by atoms with Crippen LogP contribution in [0.25, 0.3) is 5.69 Å². The van der Waals surface area contributed by atoms with E-state index in [2.05, 4.69) is 21.0 Å². The first-order valence-corrected chi connectivity index (χ1v) is 7.03. The Kier molecular flexibility index (Phi) is 2.95. The highest BCUT2D eigenvalue weighted by Crippen LogP contribution is 2.39. The van der Waals surface area contributed by atoms with Gasteiger partial charge in [-0.15, -0.1) is 0 Å². The van der Waals surface area contributed by atoms with E-state index in [-0.39, 0.29) is 5.69 Å². The molecule has 1 aromatic heterocycles. The van der Waals surface area contributed by atoms with Gasteiger partial charge in [-0.3, -0.25) is 0 Å². The molecule has 2 aromatic rings. The Labute approximate surface area is 124 Å². The van der Waals surface area contributed by atoms with Gasteiger partial charge in [0.05, 0.1) is 17.0 Å². The molecule has 104 valence electrons. The molecule has 0 amide bonds. The molecule has 0 bridgehead atoms. The van der Waals surface area contributed by atoms with Crippen LogP contribution >= 0.6 is 15.9 Å². The number of hydrogen-bond donors (Lipinski definition) is 2. The Morgan fingerprint density at radius 3 is 2.90 bits per heavy atom. The van der Waals surface area contributed by atoms with E-state index >= 15 is 0 Å². The van der Waals surface area contributed by atoms with Gasteiger partial charge in [0.25, 0.3) is 0 Å². The lowest BCUT2D eigenvalue weighted by Gasteiger charge is -2.15. The van der Waals surface area contributed by atoms with E-state index in [0.29, 0.717) is 18.4 Å². The molecule has 0 fully saturated rings. The molecule has 1 aliphatic rings. The van der Waals surface area contributed by atoms with Crippen molar-refractivity contribution in [2.75, 3.05) is 0 Å². The van der Waals surface area contributed by atoms with Crippen LogP contribution in [0.15, 0.2) is 28.7 Å². The van der Waals surface area contributed by atoms with Crippen LogP contribution in [-0.2, 0) is 12.0 Å². The number of aliphatic hydroxyl groups is 1. The number of carboxylic acid groups (broad SMARTS) is 1. The van der Waals surface area contributed by atoms with Gasteiger partial charge in [0.15, 0.2) is 5.69 Å². The summed E-state index contributed by atoms with van der Waals surface area (Å²) in [7, 11) is 0. The molecule has 20 heavy (non-hydrogen) atoms. The minimum atomic E-state index is -1.13. The minimum Gasteiger partial charge on any atom is -0.476 e. The van der Waals surface area contributed by atoms with Crippen molar-refractivity contribution >= 4 is 21.9 Å². The number of hydrogen-bond acceptors (Lipinski definition) is 3. The van der Waals surface area contributed by atoms with Gasteiger partial charge >= 0.3 is 5.97 Å². The van der Waals surface area contributed by atoms with Crippen molar-refractivity contribution in [1.82, 2.24) is 9.78 Å². The molecule has 0 spiro atoms. The van der Waals surface area contributed by atoms with Crippen molar-refractivity contribution in [3.05, 3.63) is 45.7 Å². The SMILES string of the molecule is CC1(O)CCc2c1c(C(=O)O)nn2-c1cccc(Br)c1. The Morgan fingerprint density at radius 1 is 1.50 bits per heavy atom. The normalized spacial score (nSPS) is 20.9. The summed E-state index contributed by atoms with van der Waals surface area (Å²) in [5.74, 6) is -1.11. The van der Waals surface area contributed by atoms with Crippen molar-refractivity contribution in [1.29, 1.82) is 0 Å². The molecular formula is C14H13BrN2O3. The largest absolute Gasteiger partial charge is 0.476 e. The summed E-state index contributed by atoms with van der Waals surface area (Å²) in [5, 5.41) is 23.8. The highest BCUT2D eigenvalue weighted by Gasteiger charge is 2.40. The first-order valence-electron chi connectivity index (χ1n) is 6.24. The number of aromatic nitrogens is 2. The number of halogens is 1. The van der Waals surface area contributed by atoms with Gasteiger partial charge in [-0.2, -0.15) is 5.10 Å². The van der Waals surface area contributed by atoms with Crippen LogP contribution in [-0.4, -0.2) is 26.0 Å². The summed E-state index contributed by atoms with van der Waals surface area (Å²) in [6, 6.07) is 7.48. The molecule has 0 saturated carbocycles. The van der Waals surface area contributed by atoms with Crippen LogP contribution in [0.5, 0.6) is 0 Å². The predicted molar refractivity (Wildman–Crippen MR) is 76.1 cm³/mol. The van der Waals surface area contributed by atoms with Crippen molar-refractivity contribution in [3.63, 3.8) is 0 Å². The van der Waals surface area contributed by atoms with Crippen LogP contribution < -0.4 is 0 Å². The van der Waals surface area contributed by atoms with Crippen LogP contribution in [0.2, 0.25) is 0 Å². The van der Waals surface area contributed by atoms with Crippen LogP contribution in [0.4, 0.5) is 0 Å². The van der Waals surface area contributed by atoms with Gasteiger partial charge in [-0.05, 0) is 38.0 Å². The second-order valence-electron chi connectivity index (χ2n) is 5.14. The zero-order valence-electron chi connectivity index (χ0n) is 10.8. The molecule has 5 nitrogen and oxygen atoms in total. The smallest absolute Gasteiger partial charge is 0.356 e. The van der Waals surface area contributed by atoms with Crippen LogP contribution in [0.1, 0.15) is 35.1 Å². The molecule has 1 atom stereocenters. The Bertz CT molecular complexity index is 706. The first kappa shape index (κ1) is 13.3. The number of benzene rings is 1. The Morgan fingerprint density at radius 2 is 2.25 bits per heavy atom. The molecule has 3 rings (SSSR count). The second kappa shape index (κ2) is 4.43. The van der Waals surface area contributed by atoms with E-state index in [1.165, 1.54) is 0 Å². The lowest BCUT2D eigenvalue weighted by molar-refractivity contribution is 0.0530. The molecular weight excluding hydrogens is 324 g/mol. The fourth-order valence-corrected chi connectivity index (χ4v) is 3.09. The van der Waals surface area contributed by atoms with Crippen molar-refractivity contribution < 1.29 is 15.0 Å². The van der Waals surface area contributed by atoms with Gasteiger partial charge in [-0.1, -0.05) is 22.0 Å². The van der Waals surface area contributed by atoms with Gasteiger partial charge < -0.3 is 10.2 Å². The van der Waals surface area contributed by atoms with E-state index in [1.807, 2.05) is 24.3 Å². The molecule has 1 aliphatic carbocycles. The minimum absolute atomic E-state index is 0.0672. The first-order chi connectivity index (χ1) is 9.40. The van der Waals surface area contributed by atoms with Gasteiger partial charge in [0.2, 0.25) is 0 Å². The van der Waals surface area contributed by atoms with E-state index < -0.39 is 11.6 Å². The zero-order valence-corrected chi connectivity index (χ0v) is 12.4. The number of nitrogens with zero attached hydrogens (tertiary/aromatic N) is 2. The van der Waals surface area contributed by atoms with Gasteiger partial charge in [-0.25, -0.2) is 9.48 Å². The third kappa shape index (κ3) is 1.96. The van der Waals surface area contributed by atoms with Crippen molar-refractivity contribution in [2.45, 2.75) is 25.4 Å². The van der Waals surface area contributed by atoms with Crippen molar-refractivity contribution in [2.24, 2.45) is 0 Å². The number of aromatic carboxylic acids is 1. The number of rotatable bonds is 2. The lowest BCUT2D eigenvalue weighted by Crippen LogP contribution is -2.19. The second-order valence-corrected chi connectivity index (χ2v) is 6.06. The number of carbonyl (C=O) groups is 1. The molecule has 1 aromatic carbocycles. The summed E-state index contributed by atoms with van der Waals surface area (Å²) in [4.78, 5) is 11.4. The molecule has 1 heterocycles. The summed E-state index contributed by atoms with van der Waals surface area (Å²) in [6.45, 7) is 1.64. The van der Waals surface area contributed by atoms with Gasteiger partial charge in [0.1, 0.15) is 0 Å². The van der Waals surface area contributed by atoms with E-state index in [1.54, 1.807) is 11.6 Å². The average Bonchev–Trinajstić information content (AvgIpc) is 2.89. The third-order valence-electron chi connectivity index (χ3n) is 3.62. The fraction of sp³-hybridized carbons (Fsp3) is 0.286. The topological polar surface area (TPSA) is 75.3 Å². The highest BCUT2D eigenvalue weighted by molar-refractivity contribution is 9.10.